The topological polar surface area (TPSA) is 81.2 Å². The Morgan fingerprint density at radius 1 is 1.15 bits per heavy atom. The Labute approximate surface area is 157 Å². The number of hydrogen-bond acceptors (Lipinski definition) is 4. The molecular weight excluding hydrogens is 358 g/mol. The number of likely N-dealkylation sites (tertiary alicyclic amines) is 1. The van der Waals surface area contributed by atoms with Gasteiger partial charge in [-0.3, -0.25) is 14.4 Å². The van der Waals surface area contributed by atoms with Crippen molar-refractivity contribution in [1.29, 1.82) is 0 Å². The Balaban J connectivity index is 1.64. The SMILES string of the molecule is CN1CC(C(=O)N2CCCN(C(=O)c3ccc(Cl)cc3O)CC2)CC1=O. The third-order valence-electron chi connectivity index (χ3n) is 4.98. The van der Waals surface area contributed by atoms with E-state index in [0.29, 0.717) is 44.2 Å². The van der Waals surface area contributed by atoms with Crippen LogP contribution < -0.4 is 0 Å². The molecule has 8 heteroatoms. The molecule has 7 nitrogen and oxygen atoms in total. The lowest BCUT2D eigenvalue weighted by molar-refractivity contribution is -0.135. The summed E-state index contributed by atoms with van der Waals surface area (Å²) in [5, 5.41) is 10.3. The normalized spacial score (nSPS) is 21.1. The number of rotatable bonds is 2. The number of aromatic hydroxyl groups is 1. The maximum Gasteiger partial charge on any atom is 0.257 e. The van der Waals surface area contributed by atoms with Gasteiger partial charge in [-0.1, -0.05) is 11.6 Å². The number of phenolic OH excluding ortho intramolecular Hbond substituents is 1. The van der Waals surface area contributed by atoms with E-state index < -0.39 is 0 Å². The molecule has 0 bridgehead atoms. The molecule has 1 N–H and O–H groups in total. The van der Waals surface area contributed by atoms with Gasteiger partial charge in [0.25, 0.3) is 5.91 Å². The highest BCUT2D eigenvalue weighted by molar-refractivity contribution is 6.30. The van der Waals surface area contributed by atoms with Crippen LogP contribution in [0.3, 0.4) is 0 Å². The first-order valence-corrected chi connectivity index (χ1v) is 9.05. The molecule has 2 aliphatic heterocycles. The van der Waals surface area contributed by atoms with Crippen LogP contribution in [0.15, 0.2) is 18.2 Å². The minimum atomic E-state index is -0.296. The van der Waals surface area contributed by atoms with E-state index in [1.165, 1.54) is 12.1 Å². The molecule has 0 aromatic heterocycles. The third-order valence-corrected chi connectivity index (χ3v) is 5.21. The quantitative estimate of drug-likeness (QED) is 0.837. The van der Waals surface area contributed by atoms with E-state index in [0.717, 1.165) is 0 Å². The van der Waals surface area contributed by atoms with Crippen LogP contribution in [0.4, 0.5) is 0 Å². The van der Waals surface area contributed by atoms with Crippen LogP contribution in [-0.4, -0.2) is 77.3 Å². The summed E-state index contributed by atoms with van der Waals surface area (Å²) in [5.41, 5.74) is 0.206. The highest BCUT2D eigenvalue weighted by atomic mass is 35.5. The van der Waals surface area contributed by atoms with Crippen LogP contribution >= 0.6 is 11.6 Å². The van der Waals surface area contributed by atoms with Gasteiger partial charge in [0.15, 0.2) is 0 Å². The highest BCUT2D eigenvalue weighted by Crippen LogP contribution is 2.24. The van der Waals surface area contributed by atoms with E-state index in [2.05, 4.69) is 0 Å². The summed E-state index contributed by atoms with van der Waals surface area (Å²) >= 11 is 5.81. The van der Waals surface area contributed by atoms with Gasteiger partial charge in [0.1, 0.15) is 5.75 Å². The van der Waals surface area contributed by atoms with Gasteiger partial charge in [-0.25, -0.2) is 0 Å². The molecule has 1 aromatic carbocycles. The average molecular weight is 380 g/mol. The lowest BCUT2D eigenvalue weighted by Crippen LogP contribution is -2.40. The standard InChI is InChI=1S/C18H22ClN3O4/c1-20-11-12(9-16(20)24)17(25)21-5-2-6-22(8-7-21)18(26)14-4-3-13(19)10-15(14)23/h3-4,10,12,23H,2,5-9,11H2,1H3. The first-order chi connectivity index (χ1) is 12.4. The van der Waals surface area contributed by atoms with Gasteiger partial charge in [0.05, 0.1) is 11.5 Å². The molecule has 140 valence electrons. The van der Waals surface area contributed by atoms with E-state index in [9.17, 15) is 19.5 Å². The minimum absolute atomic E-state index is 0.00631. The van der Waals surface area contributed by atoms with Gasteiger partial charge in [0.2, 0.25) is 11.8 Å². The Bertz CT molecular complexity index is 739. The van der Waals surface area contributed by atoms with Crippen molar-refractivity contribution in [1.82, 2.24) is 14.7 Å². The molecule has 1 aromatic rings. The summed E-state index contributed by atoms with van der Waals surface area (Å²) in [6.45, 7) is 2.34. The van der Waals surface area contributed by atoms with Crippen molar-refractivity contribution < 1.29 is 19.5 Å². The van der Waals surface area contributed by atoms with E-state index in [-0.39, 0.29) is 41.4 Å². The summed E-state index contributed by atoms with van der Waals surface area (Å²) in [7, 11) is 1.71. The van der Waals surface area contributed by atoms with Crippen molar-refractivity contribution in [2.75, 3.05) is 39.8 Å². The number of phenols is 1. The zero-order chi connectivity index (χ0) is 18.8. The van der Waals surface area contributed by atoms with Gasteiger partial charge in [-0.15, -0.1) is 0 Å². The summed E-state index contributed by atoms with van der Waals surface area (Å²) in [5.74, 6) is -0.744. The van der Waals surface area contributed by atoms with Gasteiger partial charge in [-0.05, 0) is 24.6 Å². The summed E-state index contributed by atoms with van der Waals surface area (Å²) in [4.78, 5) is 42.0. The summed E-state index contributed by atoms with van der Waals surface area (Å²) in [6.07, 6.45) is 0.912. The molecule has 2 aliphatic rings. The predicted octanol–water partition coefficient (Wildman–Crippen LogP) is 1.20. The van der Waals surface area contributed by atoms with Crippen LogP contribution in [0.25, 0.3) is 0 Å². The van der Waals surface area contributed by atoms with E-state index >= 15 is 0 Å². The molecule has 2 saturated heterocycles. The zero-order valence-corrected chi connectivity index (χ0v) is 15.4. The molecular formula is C18H22ClN3O4. The van der Waals surface area contributed by atoms with Crippen molar-refractivity contribution >= 4 is 29.3 Å². The second-order valence-electron chi connectivity index (χ2n) is 6.81. The first kappa shape index (κ1) is 18.5. The van der Waals surface area contributed by atoms with Crippen molar-refractivity contribution in [3.63, 3.8) is 0 Å². The molecule has 2 heterocycles. The van der Waals surface area contributed by atoms with Gasteiger partial charge < -0.3 is 19.8 Å². The Kier molecular flexibility index (Phi) is 5.36. The molecule has 0 spiro atoms. The van der Waals surface area contributed by atoms with Crippen LogP contribution in [0.5, 0.6) is 5.75 Å². The second-order valence-corrected chi connectivity index (χ2v) is 7.24. The molecule has 0 aliphatic carbocycles. The van der Waals surface area contributed by atoms with Crippen LogP contribution in [0.1, 0.15) is 23.2 Å². The number of nitrogens with zero attached hydrogens (tertiary/aromatic N) is 3. The van der Waals surface area contributed by atoms with Crippen LogP contribution in [0.2, 0.25) is 5.02 Å². The summed E-state index contributed by atoms with van der Waals surface area (Å²) in [6, 6.07) is 4.42. The molecule has 0 saturated carbocycles. The van der Waals surface area contributed by atoms with Crippen molar-refractivity contribution in [3.05, 3.63) is 28.8 Å². The van der Waals surface area contributed by atoms with E-state index in [1.807, 2.05) is 0 Å². The van der Waals surface area contributed by atoms with Crippen LogP contribution in [-0.2, 0) is 9.59 Å². The van der Waals surface area contributed by atoms with E-state index in [1.54, 1.807) is 27.8 Å². The monoisotopic (exact) mass is 379 g/mol. The van der Waals surface area contributed by atoms with E-state index in [4.69, 9.17) is 11.6 Å². The maximum atomic E-state index is 12.7. The molecule has 2 fully saturated rings. The fraction of sp³-hybridized carbons (Fsp3) is 0.500. The molecule has 1 atom stereocenters. The lowest BCUT2D eigenvalue weighted by Gasteiger charge is -2.24. The highest BCUT2D eigenvalue weighted by Gasteiger charge is 2.35. The number of carbonyl (C=O) groups excluding carboxylic acids is 3. The van der Waals surface area contributed by atoms with Gasteiger partial charge in [-0.2, -0.15) is 0 Å². The second kappa shape index (κ2) is 7.53. The lowest BCUT2D eigenvalue weighted by atomic mass is 10.1. The number of benzene rings is 1. The number of hydrogen-bond donors (Lipinski definition) is 1. The minimum Gasteiger partial charge on any atom is -0.507 e. The molecule has 1 unspecified atom stereocenters. The average Bonchev–Trinajstić information content (AvgIpc) is 2.81. The van der Waals surface area contributed by atoms with Crippen molar-refractivity contribution in [2.45, 2.75) is 12.8 Å². The Morgan fingerprint density at radius 2 is 1.85 bits per heavy atom. The molecule has 26 heavy (non-hydrogen) atoms. The molecule has 3 amide bonds. The number of halogens is 1. The fourth-order valence-corrected chi connectivity index (χ4v) is 3.65. The maximum absolute atomic E-state index is 12.7. The predicted molar refractivity (Wildman–Crippen MR) is 96.0 cm³/mol. The third kappa shape index (κ3) is 3.77. The smallest absolute Gasteiger partial charge is 0.257 e. The molecule has 0 radical (unpaired) electrons. The van der Waals surface area contributed by atoms with Crippen LogP contribution in [0, 0.1) is 5.92 Å². The van der Waals surface area contributed by atoms with Crippen molar-refractivity contribution in [2.24, 2.45) is 5.92 Å². The largest absolute Gasteiger partial charge is 0.507 e. The number of amides is 3. The Morgan fingerprint density at radius 3 is 2.50 bits per heavy atom. The zero-order valence-electron chi connectivity index (χ0n) is 14.7. The fourth-order valence-electron chi connectivity index (χ4n) is 3.48. The van der Waals surface area contributed by atoms with Crippen molar-refractivity contribution in [3.8, 4) is 5.75 Å². The Hall–Kier alpha value is -2.28. The number of carbonyl (C=O) groups is 3. The molecule has 3 rings (SSSR count). The van der Waals surface area contributed by atoms with Gasteiger partial charge >= 0.3 is 0 Å². The summed E-state index contributed by atoms with van der Waals surface area (Å²) < 4.78 is 0. The van der Waals surface area contributed by atoms with Gasteiger partial charge in [0, 0.05) is 51.2 Å². The first-order valence-electron chi connectivity index (χ1n) is 8.67.